The summed E-state index contributed by atoms with van der Waals surface area (Å²) in [5.74, 6) is -0.539. The molecule has 1 fully saturated rings. The summed E-state index contributed by atoms with van der Waals surface area (Å²) in [5, 5.41) is 2.96. The zero-order chi connectivity index (χ0) is 18.6. The third-order valence-corrected chi connectivity index (χ3v) is 5.74. The Morgan fingerprint density at radius 3 is 2.32 bits per heavy atom. The minimum atomic E-state index is -3.32. The minimum absolute atomic E-state index is 0.122. The van der Waals surface area contributed by atoms with E-state index in [1.54, 1.807) is 0 Å². The molecule has 3 atom stereocenters. The van der Waals surface area contributed by atoms with Crippen LogP contribution in [0.4, 0.5) is 0 Å². The predicted molar refractivity (Wildman–Crippen MR) is 94.0 cm³/mol. The summed E-state index contributed by atoms with van der Waals surface area (Å²) in [6.07, 6.45) is 4.50. The molecular weight excluding hydrogens is 342 g/mol. The van der Waals surface area contributed by atoms with Crippen LogP contribution in [-0.4, -0.2) is 38.7 Å². The monoisotopic (exact) mass is 367 g/mol. The van der Waals surface area contributed by atoms with Gasteiger partial charge in [0.25, 0.3) is 5.91 Å². The molecule has 0 saturated heterocycles. The van der Waals surface area contributed by atoms with Gasteiger partial charge in [-0.2, -0.15) is 0 Å². The van der Waals surface area contributed by atoms with E-state index in [-0.39, 0.29) is 22.4 Å². The first kappa shape index (κ1) is 19.4. The highest BCUT2D eigenvalue weighted by molar-refractivity contribution is 7.90. The van der Waals surface area contributed by atoms with Crippen LogP contribution in [-0.2, 0) is 19.4 Å². The Kier molecular flexibility index (Phi) is 6.21. The average molecular weight is 367 g/mol. The second-order valence-corrected chi connectivity index (χ2v) is 8.74. The number of nitrogens with one attached hydrogen (secondary N) is 1. The fraction of sp³-hybridized carbons (Fsp3) is 0.556. The molecule has 25 heavy (non-hydrogen) atoms. The molecule has 1 aliphatic carbocycles. The lowest BCUT2D eigenvalue weighted by Crippen LogP contribution is -2.45. The summed E-state index contributed by atoms with van der Waals surface area (Å²) >= 11 is 0. The van der Waals surface area contributed by atoms with E-state index < -0.39 is 21.9 Å². The van der Waals surface area contributed by atoms with E-state index in [4.69, 9.17) is 4.74 Å². The Morgan fingerprint density at radius 2 is 1.76 bits per heavy atom. The number of carbonyl (C=O) groups is 2. The number of benzene rings is 1. The fourth-order valence-corrected chi connectivity index (χ4v) is 3.58. The van der Waals surface area contributed by atoms with Gasteiger partial charge in [0.1, 0.15) is 0 Å². The van der Waals surface area contributed by atoms with E-state index in [0.29, 0.717) is 5.92 Å². The summed E-state index contributed by atoms with van der Waals surface area (Å²) < 4.78 is 28.1. The number of amides is 1. The van der Waals surface area contributed by atoms with Crippen LogP contribution < -0.4 is 5.32 Å². The van der Waals surface area contributed by atoms with Crippen molar-refractivity contribution in [3.05, 3.63) is 29.8 Å². The van der Waals surface area contributed by atoms with Crippen molar-refractivity contribution in [3.8, 4) is 0 Å². The minimum Gasteiger partial charge on any atom is -0.449 e. The van der Waals surface area contributed by atoms with Crippen LogP contribution in [0.5, 0.6) is 0 Å². The topological polar surface area (TPSA) is 89.5 Å². The first-order valence-electron chi connectivity index (χ1n) is 8.50. The lowest BCUT2D eigenvalue weighted by atomic mass is 9.86. The smallest absolute Gasteiger partial charge is 0.338 e. The first-order chi connectivity index (χ1) is 11.7. The number of ether oxygens (including phenoxy) is 1. The summed E-state index contributed by atoms with van der Waals surface area (Å²) in [6, 6.07) is 5.58. The van der Waals surface area contributed by atoms with Crippen LogP contribution in [0.25, 0.3) is 0 Å². The highest BCUT2D eigenvalue weighted by Gasteiger charge is 2.26. The van der Waals surface area contributed by atoms with Gasteiger partial charge in [0, 0.05) is 12.3 Å². The molecule has 0 spiro atoms. The van der Waals surface area contributed by atoms with E-state index in [2.05, 4.69) is 12.2 Å². The van der Waals surface area contributed by atoms with Crippen LogP contribution in [0.2, 0.25) is 0 Å². The Hall–Kier alpha value is -1.89. The molecule has 1 saturated carbocycles. The van der Waals surface area contributed by atoms with Gasteiger partial charge < -0.3 is 10.1 Å². The average Bonchev–Trinajstić information content (AvgIpc) is 2.56. The molecular formula is C18H25NO5S. The van der Waals surface area contributed by atoms with Crippen LogP contribution in [0, 0.1) is 5.92 Å². The van der Waals surface area contributed by atoms with Gasteiger partial charge in [-0.25, -0.2) is 13.2 Å². The third-order valence-electron chi connectivity index (χ3n) is 4.61. The van der Waals surface area contributed by atoms with Crippen LogP contribution >= 0.6 is 0 Å². The Morgan fingerprint density at radius 1 is 1.16 bits per heavy atom. The van der Waals surface area contributed by atoms with Crippen molar-refractivity contribution in [2.24, 2.45) is 5.92 Å². The summed E-state index contributed by atoms with van der Waals surface area (Å²) in [4.78, 5) is 24.5. The number of esters is 1. The molecule has 0 heterocycles. The maximum absolute atomic E-state index is 12.2. The van der Waals surface area contributed by atoms with Crippen LogP contribution in [0.1, 0.15) is 49.9 Å². The summed E-state index contributed by atoms with van der Waals surface area (Å²) in [7, 11) is -3.32. The van der Waals surface area contributed by atoms with Crippen molar-refractivity contribution in [2.75, 3.05) is 6.26 Å². The quantitative estimate of drug-likeness (QED) is 0.807. The predicted octanol–water partition coefficient (Wildman–Crippen LogP) is 2.33. The lowest BCUT2D eigenvalue weighted by molar-refractivity contribution is -0.130. The van der Waals surface area contributed by atoms with Crippen molar-refractivity contribution in [1.29, 1.82) is 0 Å². The van der Waals surface area contributed by atoms with Gasteiger partial charge in [-0.15, -0.1) is 0 Å². The zero-order valence-corrected chi connectivity index (χ0v) is 15.6. The van der Waals surface area contributed by atoms with Crippen molar-refractivity contribution in [3.63, 3.8) is 0 Å². The third kappa shape index (κ3) is 5.29. The molecule has 1 aromatic rings. The highest BCUT2D eigenvalue weighted by atomic mass is 32.2. The second-order valence-electron chi connectivity index (χ2n) is 6.72. The van der Waals surface area contributed by atoms with Gasteiger partial charge in [-0.3, -0.25) is 4.79 Å². The zero-order valence-electron chi connectivity index (χ0n) is 14.8. The standard InChI is InChI=1S/C18H25NO5S/c1-12-6-4-5-7-16(12)19-17(20)13(2)24-18(21)14-8-10-15(11-9-14)25(3,22)23/h8-13,16H,4-7H2,1-3H3,(H,19,20)/t12-,13-,16+/m1/s1. The largest absolute Gasteiger partial charge is 0.449 e. The van der Waals surface area contributed by atoms with Crippen molar-refractivity contribution >= 4 is 21.7 Å². The maximum atomic E-state index is 12.2. The fourth-order valence-electron chi connectivity index (χ4n) is 2.95. The van der Waals surface area contributed by atoms with Gasteiger partial charge in [0.2, 0.25) is 0 Å². The normalized spacial score (nSPS) is 22.0. The number of carbonyl (C=O) groups excluding carboxylic acids is 2. The SMILES string of the molecule is C[C@@H]1CCCC[C@@H]1NC(=O)[C@@H](C)OC(=O)c1ccc(S(C)(=O)=O)cc1. The van der Waals surface area contributed by atoms with Gasteiger partial charge >= 0.3 is 5.97 Å². The van der Waals surface area contributed by atoms with Crippen molar-refractivity contribution in [1.82, 2.24) is 5.32 Å². The molecule has 1 N–H and O–H groups in total. The Bertz CT molecular complexity index is 726. The molecule has 0 bridgehead atoms. The van der Waals surface area contributed by atoms with Crippen LogP contribution in [0.3, 0.4) is 0 Å². The van der Waals surface area contributed by atoms with Crippen molar-refractivity contribution in [2.45, 2.75) is 56.6 Å². The van der Waals surface area contributed by atoms with Gasteiger partial charge in [0.15, 0.2) is 15.9 Å². The van der Waals surface area contributed by atoms with E-state index in [0.717, 1.165) is 25.5 Å². The lowest BCUT2D eigenvalue weighted by Gasteiger charge is -2.30. The maximum Gasteiger partial charge on any atom is 0.338 e. The van der Waals surface area contributed by atoms with E-state index >= 15 is 0 Å². The molecule has 1 aromatic carbocycles. The summed E-state index contributed by atoms with van der Waals surface area (Å²) in [6.45, 7) is 3.65. The molecule has 0 unspecified atom stereocenters. The van der Waals surface area contributed by atoms with Crippen LogP contribution in [0.15, 0.2) is 29.2 Å². The number of hydrogen-bond donors (Lipinski definition) is 1. The molecule has 6 nitrogen and oxygen atoms in total. The van der Waals surface area contributed by atoms with Gasteiger partial charge in [-0.1, -0.05) is 19.8 Å². The second kappa shape index (κ2) is 7.99. The number of rotatable bonds is 5. The van der Waals surface area contributed by atoms with Gasteiger partial charge in [0.05, 0.1) is 10.5 Å². The highest BCUT2D eigenvalue weighted by Crippen LogP contribution is 2.23. The van der Waals surface area contributed by atoms with Gasteiger partial charge in [-0.05, 0) is 49.9 Å². The van der Waals surface area contributed by atoms with Crippen molar-refractivity contribution < 1.29 is 22.7 Å². The Labute approximate surface area is 148 Å². The van der Waals surface area contributed by atoms with E-state index in [1.165, 1.54) is 37.6 Å². The molecule has 0 aromatic heterocycles. The molecule has 1 aliphatic rings. The molecule has 7 heteroatoms. The molecule has 1 amide bonds. The molecule has 138 valence electrons. The number of hydrogen-bond acceptors (Lipinski definition) is 5. The molecule has 0 aliphatic heterocycles. The first-order valence-corrected chi connectivity index (χ1v) is 10.4. The number of sulfone groups is 1. The van der Waals surface area contributed by atoms with E-state index in [1.807, 2.05) is 0 Å². The van der Waals surface area contributed by atoms with E-state index in [9.17, 15) is 18.0 Å². The summed E-state index contributed by atoms with van der Waals surface area (Å²) in [5.41, 5.74) is 0.207. The Balaban J connectivity index is 1.93. The molecule has 0 radical (unpaired) electrons. The molecule has 2 rings (SSSR count).